The van der Waals surface area contributed by atoms with Gasteiger partial charge in [0.25, 0.3) is 10.2 Å². The van der Waals surface area contributed by atoms with Gasteiger partial charge in [0.1, 0.15) is 0 Å². The predicted octanol–water partition coefficient (Wildman–Crippen LogP) is 0.568. The van der Waals surface area contributed by atoms with Crippen LogP contribution >= 0.6 is 0 Å². The van der Waals surface area contributed by atoms with Crippen molar-refractivity contribution in [2.75, 3.05) is 13.1 Å². The molecule has 19 heavy (non-hydrogen) atoms. The van der Waals surface area contributed by atoms with Gasteiger partial charge in [-0.05, 0) is 20.3 Å². The smallest absolute Gasteiger partial charge is 0.406 e. The fraction of sp³-hybridized carbons (Fsp3) is 0.889. The number of carboxylic acid groups (broad SMARTS) is 1. The number of carboxylic acids is 1. The van der Waals surface area contributed by atoms with Crippen LogP contribution < -0.4 is 4.72 Å². The molecule has 1 rings (SSSR count). The lowest BCUT2D eigenvalue weighted by Gasteiger charge is -2.27. The molecule has 2 N–H and O–H groups in total. The first-order chi connectivity index (χ1) is 8.42. The van der Waals surface area contributed by atoms with Gasteiger partial charge in [-0.15, -0.1) is 0 Å². The van der Waals surface area contributed by atoms with Crippen molar-refractivity contribution in [1.82, 2.24) is 9.03 Å². The van der Waals surface area contributed by atoms with Gasteiger partial charge in [-0.1, -0.05) is 0 Å². The number of hydrogen-bond acceptors (Lipinski definition) is 3. The van der Waals surface area contributed by atoms with Gasteiger partial charge in [-0.25, -0.2) is 0 Å². The van der Waals surface area contributed by atoms with Gasteiger partial charge in [-0.3, -0.25) is 4.79 Å². The minimum atomic E-state index is -5.00. The first-order valence-corrected chi connectivity index (χ1v) is 6.94. The second-order valence-electron chi connectivity index (χ2n) is 4.75. The average Bonchev–Trinajstić information content (AvgIpc) is 2.59. The van der Waals surface area contributed by atoms with Crippen LogP contribution in [-0.2, 0) is 15.0 Å². The zero-order valence-corrected chi connectivity index (χ0v) is 11.2. The summed E-state index contributed by atoms with van der Waals surface area (Å²) in [5, 5.41) is 8.80. The van der Waals surface area contributed by atoms with Gasteiger partial charge < -0.3 is 5.11 Å². The van der Waals surface area contributed by atoms with E-state index in [1.807, 2.05) is 0 Å². The number of nitrogens with one attached hydrogen (secondary N) is 1. The molecule has 0 aromatic rings. The first kappa shape index (κ1) is 16.2. The summed E-state index contributed by atoms with van der Waals surface area (Å²) in [6, 6.07) is -0.490. The maximum absolute atomic E-state index is 12.9. The van der Waals surface area contributed by atoms with E-state index >= 15 is 0 Å². The van der Waals surface area contributed by atoms with E-state index in [1.54, 1.807) is 0 Å². The summed E-state index contributed by atoms with van der Waals surface area (Å²) >= 11 is 0. The Balaban J connectivity index is 3.02. The van der Waals surface area contributed by atoms with Gasteiger partial charge in [0, 0.05) is 19.1 Å². The van der Waals surface area contributed by atoms with Crippen molar-refractivity contribution in [3.63, 3.8) is 0 Å². The second-order valence-corrected chi connectivity index (χ2v) is 6.45. The second kappa shape index (κ2) is 4.91. The molecule has 1 fully saturated rings. The van der Waals surface area contributed by atoms with Crippen LogP contribution in [0.3, 0.4) is 0 Å². The lowest BCUT2D eigenvalue weighted by atomic mass is 9.86. The molecule has 0 aromatic carbocycles. The van der Waals surface area contributed by atoms with E-state index in [0.717, 1.165) is 0 Å². The van der Waals surface area contributed by atoms with E-state index < -0.39 is 53.3 Å². The van der Waals surface area contributed by atoms with Crippen LogP contribution in [0, 0.1) is 5.41 Å². The topological polar surface area (TPSA) is 86.7 Å². The van der Waals surface area contributed by atoms with Crippen molar-refractivity contribution in [2.45, 2.75) is 32.5 Å². The molecule has 0 bridgehead atoms. The summed E-state index contributed by atoms with van der Waals surface area (Å²) in [6.45, 7) is 1.45. The van der Waals surface area contributed by atoms with Crippen molar-refractivity contribution in [3.8, 4) is 0 Å². The zero-order valence-electron chi connectivity index (χ0n) is 10.4. The van der Waals surface area contributed by atoms with E-state index in [9.17, 15) is 26.4 Å². The highest BCUT2D eigenvalue weighted by Gasteiger charge is 2.64. The van der Waals surface area contributed by atoms with Crippen LogP contribution in [0.4, 0.5) is 13.2 Å². The Labute approximate surface area is 108 Å². The summed E-state index contributed by atoms with van der Waals surface area (Å²) in [5.74, 6) is -2.05. The largest absolute Gasteiger partial charge is 0.481 e. The van der Waals surface area contributed by atoms with Gasteiger partial charge in [0.05, 0.1) is 0 Å². The fourth-order valence-corrected chi connectivity index (χ4v) is 3.35. The molecule has 1 heterocycles. The maximum atomic E-state index is 12.9. The number of rotatable bonds is 4. The van der Waals surface area contributed by atoms with Crippen LogP contribution in [-0.4, -0.2) is 49.1 Å². The quantitative estimate of drug-likeness (QED) is 0.795. The highest BCUT2D eigenvalue weighted by molar-refractivity contribution is 7.87. The molecule has 1 atom stereocenters. The molecule has 0 saturated carbocycles. The third kappa shape index (κ3) is 3.00. The Morgan fingerprint density at radius 2 is 1.95 bits per heavy atom. The van der Waals surface area contributed by atoms with Crippen molar-refractivity contribution >= 4 is 16.2 Å². The Morgan fingerprint density at radius 3 is 2.26 bits per heavy atom. The minimum absolute atomic E-state index is 0.478. The molecule has 0 radical (unpaired) electrons. The molecular weight excluding hydrogens is 289 g/mol. The fourth-order valence-electron chi connectivity index (χ4n) is 1.88. The molecular formula is C9H15F3N2O4S. The van der Waals surface area contributed by atoms with Crippen LogP contribution in [0.15, 0.2) is 0 Å². The molecule has 112 valence electrons. The van der Waals surface area contributed by atoms with Gasteiger partial charge >= 0.3 is 12.1 Å². The minimum Gasteiger partial charge on any atom is -0.481 e. The molecule has 6 nitrogen and oxygen atoms in total. The van der Waals surface area contributed by atoms with E-state index in [0.29, 0.717) is 4.31 Å². The molecule has 0 amide bonds. The molecule has 1 aliphatic rings. The summed E-state index contributed by atoms with van der Waals surface area (Å²) in [7, 11) is -4.10. The number of alkyl halides is 3. The predicted molar refractivity (Wildman–Crippen MR) is 59.5 cm³/mol. The van der Waals surface area contributed by atoms with Crippen LogP contribution in [0.1, 0.15) is 20.3 Å². The highest BCUT2D eigenvalue weighted by atomic mass is 32.2. The first-order valence-electron chi connectivity index (χ1n) is 5.50. The van der Waals surface area contributed by atoms with Crippen LogP contribution in [0.5, 0.6) is 0 Å². The zero-order chi connectivity index (χ0) is 15.1. The summed E-state index contributed by atoms with van der Waals surface area (Å²) in [5.41, 5.74) is -3.03. The number of halogens is 3. The van der Waals surface area contributed by atoms with Gasteiger partial charge in [0.15, 0.2) is 5.41 Å². The van der Waals surface area contributed by atoms with E-state index in [4.69, 9.17) is 5.11 Å². The molecule has 1 saturated heterocycles. The van der Waals surface area contributed by atoms with Crippen molar-refractivity contribution in [1.29, 1.82) is 0 Å². The molecule has 1 aliphatic heterocycles. The van der Waals surface area contributed by atoms with E-state index in [2.05, 4.69) is 4.72 Å². The normalized spacial score (nSPS) is 26.0. The van der Waals surface area contributed by atoms with E-state index in [1.165, 1.54) is 13.8 Å². The summed E-state index contributed by atoms with van der Waals surface area (Å²) in [4.78, 5) is 10.9. The molecule has 10 heteroatoms. The molecule has 1 unspecified atom stereocenters. The molecule has 0 spiro atoms. The Hall–Kier alpha value is -0.870. The monoisotopic (exact) mass is 304 g/mol. The Bertz CT molecular complexity index is 463. The van der Waals surface area contributed by atoms with Crippen molar-refractivity contribution in [2.24, 2.45) is 5.41 Å². The standard InChI is InChI=1S/C9H15F3N2O4S/c1-6(2)13-19(17,18)14-4-3-8(5-14,7(15)16)9(10,11)12/h6,13H,3-5H2,1-2H3,(H,15,16). The molecule has 0 aromatic heterocycles. The summed E-state index contributed by atoms with van der Waals surface area (Å²) < 4.78 is 64.7. The van der Waals surface area contributed by atoms with Crippen molar-refractivity contribution < 1.29 is 31.5 Å². The Kier molecular flexibility index (Phi) is 4.18. The SMILES string of the molecule is CC(C)NS(=O)(=O)N1CCC(C(=O)O)(C(F)(F)F)C1. The number of hydrogen-bond donors (Lipinski definition) is 2. The van der Waals surface area contributed by atoms with E-state index in [-0.39, 0.29) is 0 Å². The highest BCUT2D eigenvalue weighted by Crippen LogP contribution is 2.46. The number of carbonyl (C=O) groups is 1. The third-order valence-corrected chi connectivity index (χ3v) is 4.67. The third-order valence-electron chi connectivity index (χ3n) is 2.91. The number of aliphatic carboxylic acids is 1. The Morgan fingerprint density at radius 1 is 1.42 bits per heavy atom. The van der Waals surface area contributed by atoms with Gasteiger partial charge in [0.2, 0.25) is 0 Å². The van der Waals surface area contributed by atoms with Gasteiger partial charge in [-0.2, -0.15) is 30.6 Å². The number of nitrogens with zero attached hydrogens (tertiary/aromatic N) is 1. The summed E-state index contributed by atoms with van der Waals surface area (Å²) in [6.07, 6.45) is -5.79. The van der Waals surface area contributed by atoms with Crippen LogP contribution in [0.2, 0.25) is 0 Å². The lowest BCUT2D eigenvalue weighted by Crippen LogP contribution is -2.49. The lowest BCUT2D eigenvalue weighted by molar-refractivity contribution is -0.226. The van der Waals surface area contributed by atoms with Crippen LogP contribution in [0.25, 0.3) is 0 Å². The molecule has 0 aliphatic carbocycles. The maximum Gasteiger partial charge on any atom is 0.406 e. The average molecular weight is 304 g/mol. The van der Waals surface area contributed by atoms with Crippen molar-refractivity contribution in [3.05, 3.63) is 0 Å².